The highest BCUT2D eigenvalue weighted by atomic mass is 16.2. The van der Waals surface area contributed by atoms with Gasteiger partial charge in [-0.3, -0.25) is 24.4 Å². The molecule has 2 aromatic rings. The van der Waals surface area contributed by atoms with Crippen LogP contribution in [0.25, 0.3) is 0 Å². The SMILES string of the molecule is O=C1CCC(N2Cc3cc(CNC4CCCC(Cn5cccn5)C4)ccc3C2=O)C(=O)N1. The van der Waals surface area contributed by atoms with Gasteiger partial charge in [0, 0.05) is 50.1 Å². The maximum atomic E-state index is 12.8. The fourth-order valence-electron chi connectivity index (χ4n) is 5.32. The van der Waals surface area contributed by atoms with E-state index in [0.29, 0.717) is 30.5 Å². The summed E-state index contributed by atoms with van der Waals surface area (Å²) in [4.78, 5) is 38.1. The van der Waals surface area contributed by atoms with Crippen molar-refractivity contribution in [2.45, 2.75) is 70.2 Å². The standard InChI is InChI=1S/C24H29N5O3/c30-22-8-7-21(23(31)27-22)29-15-18-11-16(5-6-20(18)24(29)32)13-25-19-4-1-3-17(12-19)14-28-10-2-9-26-28/h2,5-6,9-11,17,19,21,25H,1,3-4,7-8,12-15H2,(H,27,30,31). The van der Waals surface area contributed by atoms with Gasteiger partial charge in [-0.1, -0.05) is 18.6 Å². The lowest BCUT2D eigenvalue weighted by Crippen LogP contribution is -2.52. The number of hydrogen-bond acceptors (Lipinski definition) is 5. The molecule has 8 heteroatoms. The van der Waals surface area contributed by atoms with E-state index >= 15 is 0 Å². The number of nitrogens with one attached hydrogen (secondary N) is 2. The molecule has 3 aliphatic rings. The maximum Gasteiger partial charge on any atom is 0.255 e. The minimum Gasteiger partial charge on any atom is -0.322 e. The molecule has 1 aromatic carbocycles. The highest BCUT2D eigenvalue weighted by Crippen LogP contribution is 2.29. The monoisotopic (exact) mass is 435 g/mol. The number of hydrogen-bond donors (Lipinski definition) is 2. The van der Waals surface area contributed by atoms with Gasteiger partial charge in [-0.25, -0.2) is 0 Å². The largest absolute Gasteiger partial charge is 0.322 e. The molecule has 1 saturated heterocycles. The molecule has 8 nitrogen and oxygen atoms in total. The van der Waals surface area contributed by atoms with Gasteiger partial charge in [-0.15, -0.1) is 0 Å². The molecule has 0 bridgehead atoms. The van der Waals surface area contributed by atoms with Crippen LogP contribution in [-0.4, -0.2) is 44.5 Å². The minimum absolute atomic E-state index is 0.122. The van der Waals surface area contributed by atoms with Gasteiger partial charge in [-0.05, 0) is 54.9 Å². The smallest absolute Gasteiger partial charge is 0.255 e. The van der Waals surface area contributed by atoms with Crippen molar-refractivity contribution in [3.8, 4) is 0 Å². The zero-order chi connectivity index (χ0) is 22.1. The molecule has 3 heterocycles. The van der Waals surface area contributed by atoms with Crippen LogP contribution >= 0.6 is 0 Å². The molecule has 1 saturated carbocycles. The van der Waals surface area contributed by atoms with E-state index in [1.807, 2.05) is 35.3 Å². The zero-order valence-corrected chi connectivity index (χ0v) is 18.1. The molecule has 168 valence electrons. The Labute approximate surface area is 187 Å². The Morgan fingerprint density at radius 1 is 1.16 bits per heavy atom. The number of nitrogens with zero attached hydrogens (tertiary/aromatic N) is 3. The number of carbonyl (C=O) groups excluding carboxylic acids is 3. The van der Waals surface area contributed by atoms with Crippen LogP contribution < -0.4 is 10.6 Å². The highest BCUT2D eigenvalue weighted by molar-refractivity contribution is 6.05. The molecule has 1 aromatic heterocycles. The molecule has 3 atom stereocenters. The molecule has 3 unspecified atom stereocenters. The summed E-state index contributed by atoms with van der Waals surface area (Å²) in [5.74, 6) is -0.117. The van der Waals surface area contributed by atoms with Gasteiger partial charge < -0.3 is 10.2 Å². The first kappa shape index (κ1) is 20.9. The van der Waals surface area contributed by atoms with Crippen molar-refractivity contribution in [1.29, 1.82) is 0 Å². The Hall–Kier alpha value is -3.00. The van der Waals surface area contributed by atoms with Crippen LogP contribution in [0.4, 0.5) is 0 Å². The van der Waals surface area contributed by atoms with Crippen LogP contribution in [0.5, 0.6) is 0 Å². The van der Waals surface area contributed by atoms with Crippen molar-refractivity contribution in [3.05, 3.63) is 53.3 Å². The van der Waals surface area contributed by atoms with Crippen molar-refractivity contribution in [1.82, 2.24) is 25.3 Å². The Morgan fingerprint density at radius 3 is 2.88 bits per heavy atom. The Bertz CT molecular complexity index is 1020. The molecule has 0 radical (unpaired) electrons. The first-order chi connectivity index (χ1) is 15.6. The summed E-state index contributed by atoms with van der Waals surface area (Å²) in [7, 11) is 0. The number of imide groups is 1. The van der Waals surface area contributed by atoms with Gasteiger partial charge in [-0.2, -0.15) is 5.10 Å². The van der Waals surface area contributed by atoms with E-state index in [-0.39, 0.29) is 24.1 Å². The average Bonchev–Trinajstić information content (AvgIpc) is 3.40. The summed E-state index contributed by atoms with van der Waals surface area (Å²) in [6.45, 7) is 2.16. The lowest BCUT2D eigenvalue weighted by Gasteiger charge is -2.30. The molecule has 1 aliphatic carbocycles. The van der Waals surface area contributed by atoms with E-state index in [9.17, 15) is 14.4 Å². The van der Waals surface area contributed by atoms with Crippen molar-refractivity contribution >= 4 is 17.7 Å². The quantitative estimate of drug-likeness (QED) is 0.677. The van der Waals surface area contributed by atoms with E-state index < -0.39 is 6.04 Å². The number of rotatable bonds is 6. The number of benzene rings is 1. The van der Waals surface area contributed by atoms with E-state index in [1.54, 1.807) is 4.90 Å². The zero-order valence-electron chi connectivity index (χ0n) is 18.1. The lowest BCUT2D eigenvalue weighted by molar-refractivity contribution is -0.136. The van der Waals surface area contributed by atoms with Crippen LogP contribution in [-0.2, 0) is 29.2 Å². The molecular weight excluding hydrogens is 406 g/mol. The number of aromatic nitrogens is 2. The fourth-order valence-corrected chi connectivity index (χ4v) is 5.32. The minimum atomic E-state index is -0.567. The highest BCUT2D eigenvalue weighted by Gasteiger charge is 2.39. The van der Waals surface area contributed by atoms with Gasteiger partial charge in [0.25, 0.3) is 5.91 Å². The predicted octanol–water partition coefficient (Wildman–Crippen LogP) is 1.99. The average molecular weight is 436 g/mol. The van der Waals surface area contributed by atoms with Crippen molar-refractivity contribution < 1.29 is 14.4 Å². The molecular formula is C24H29N5O3. The summed E-state index contributed by atoms with van der Waals surface area (Å²) in [6, 6.07) is 7.85. The van der Waals surface area contributed by atoms with E-state index in [4.69, 9.17) is 0 Å². The van der Waals surface area contributed by atoms with Gasteiger partial charge in [0.1, 0.15) is 6.04 Å². The molecule has 2 N–H and O–H groups in total. The third-order valence-corrected chi connectivity index (χ3v) is 6.97. The van der Waals surface area contributed by atoms with Crippen LogP contribution in [0.3, 0.4) is 0 Å². The fraction of sp³-hybridized carbons (Fsp3) is 0.500. The summed E-state index contributed by atoms with van der Waals surface area (Å²) < 4.78 is 2.03. The normalized spacial score (nSPS) is 25.7. The number of amides is 3. The van der Waals surface area contributed by atoms with E-state index in [1.165, 1.54) is 19.3 Å². The molecule has 2 aliphatic heterocycles. The summed E-state index contributed by atoms with van der Waals surface area (Å²) in [5.41, 5.74) is 2.77. The lowest BCUT2D eigenvalue weighted by atomic mass is 9.85. The van der Waals surface area contributed by atoms with Gasteiger partial charge in [0.2, 0.25) is 11.8 Å². The maximum absolute atomic E-state index is 12.8. The van der Waals surface area contributed by atoms with Crippen LogP contribution in [0.1, 0.15) is 60.0 Å². The summed E-state index contributed by atoms with van der Waals surface area (Å²) >= 11 is 0. The van der Waals surface area contributed by atoms with Crippen molar-refractivity contribution in [3.63, 3.8) is 0 Å². The molecule has 5 rings (SSSR count). The third kappa shape index (κ3) is 4.32. The second-order valence-corrected chi connectivity index (χ2v) is 9.23. The topological polar surface area (TPSA) is 96.3 Å². The Balaban J connectivity index is 1.18. The molecule has 3 amide bonds. The number of carbonyl (C=O) groups is 3. The number of fused-ring (bicyclic) bond motifs is 1. The summed E-state index contributed by atoms with van der Waals surface area (Å²) in [5, 5.41) is 10.4. The van der Waals surface area contributed by atoms with Crippen LogP contribution in [0.15, 0.2) is 36.7 Å². The molecule has 2 fully saturated rings. The van der Waals surface area contributed by atoms with Gasteiger partial charge >= 0.3 is 0 Å². The first-order valence-electron chi connectivity index (χ1n) is 11.5. The van der Waals surface area contributed by atoms with E-state index in [0.717, 1.165) is 30.6 Å². The van der Waals surface area contributed by atoms with Crippen molar-refractivity contribution in [2.75, 3.05) is 0 Å². The molecule has 32 heavy (non-hydrogen) atoms. The first-order valence-corrected chi connectivity index (χ1v) is 11.5. The third-order valence-electron chi connectivity index (χ3n) is 6.97. The Kier molecular flexibility index (Phi) is 5.78. The molecule has 0 spiro atoms. The van der Waals surface area contributed by atoms with Gasteiger partial charge in [0.15, 0.2) is 0 Å². The second-order valence-electron chi connectivity index (χ2n) is 9.23. The second kappa shape index (κ2) is 8.86. The van der Waals surface area contributed by atoms with Gasteiger partial charge in [0.05, 0.1) is 0 Å². The Morgan fingerprint density at radius 2 is 2.06 bits per heavy atom. The summed E-state index contributed by atoms with van der Waals surface area (Å²) in [6.07, 6.45) is 9.32. The van der Waals surface area contributed by atoms with Crippen LogP contribution in [0, 0.1) is 5.92 Å². The van der Waals surface area contributed by atoms with Crippen LogP contribution in [0.2, 0.25) is 0 Å². The van der Waals surface area contributed by atoms with E-state index in [2.05, 4.69) is 21.8 Å². The van der Waals surface area contributed by atoms with Crippen molar-refractivity contribution in [2.24, 2.45) is 5.92 Å². The predicted molar refractivity (Wildman–Crippen MR) is 117 cm³/mol. The number of piperidine rings is 1.